The number of carbonyl (C=O) groups excluding carboxylic acids is 1. The number of ether oxygens (including phenoxy) is 1. The van der Waals surface area contributed by atoms with Gasteiger partial charge in [0, 0.05) is 18.6 Å². The maximum Gasteiger partial charge on any atom is 0.238 e. The summed E-state index contributed by atoms with van der Waals surface area (Å²) in [5.74, 6) is 0.953. The summed E-state index contributed by atoms with van der Waals surface area (Å²) >= 11 is 1.72. The fourth-order valence-electron chi connectivity index (χ4n) is 1.42. The Kier molecular flexibility index (Phi) is 7.48. The Hall–Kier alpha value is -1.04. The third-order valence-corrected chi connectivity index (χ3v) is 3.19. The van der Waals surface area contributed by atoms with Crippen LogP contribution in [0.25, 0.3) is 0 Å². The molecular weight excluding hydrogens is 248 g/mol. The van der Waals surface area contributed by atoms with Gasteiger partial charge in [0.15, 0.2) is 0 Å². The molecule has 0 aliphatic heterocycles. The van der Waals surface area contributed by atoms with Crippen molar-refractivity contribution >= 4 is 23.4 Å². The number of methoxy groups -OCH3 is 1. The van der Waals surface area contributed by atoms with E-state index in [1.165, 1.54) is 0 Å². The summed E-state index contributed by atoms with van der Waals surface area (Å²) in [6, 6.07) is 7.84. The Bertz CT molecular complexity index is 372. The van der Waals surface area contributed by atoms with E-state index in [1.807, 2.05) is 24.3 Å². The molecular formula is C13H20N2O2S. The first-order valence-corrected chi connectivity index (χ1v) is 6.97. The smallest absolute Gasteiger partial charge is 0.238 e. The summed E-state index contributed by atoms with van der Waals surface area (Å²) in [6.07, 6.45) is 0. The molecule has 5 heteroatoms. The molecule has 0 saturated carbocycles. The topological polar surface area (TPSA) is 50.4 Å². The number of amides is 1. The lowest BCUT2D eigenvalue weighted by Gasteiger charge is -2.10. The third-order valence-electron chi connectivity index (χ3n) is 2.23. The van der Waals surface area contributed by atoms with Crippen LogP contribution in [0.4, 0.5) is 5.69 Å². The van der Waals surface area contributed by atoms with E-state index in [1.54, 1.807) is 18.9 Å². The summed E-state index contributed by atoms with van der Waals surface area (Å²) in [6.45, 7) is 3.68. The van der Waals surface area contributed by atoms with Crippen molar-refractivity contribution in [2.24, 2.45) is 0 Å². The lowest BCUT2D eigenvalue weighted by Crippen LogP contribution is -2.30. The molecule has 0 aliphatic carbocycles. The Morgan fingerprint density at radius 3 is 2.89 bits per heavy atom. The Morgan fingerprint density at radius 2 is 2.17 bits per heavy atom. The molecule has 1 aromatic rings. The molecule has 0 aliphatic rings. The Morgan fingerprint density at radius 1 is 1.39 bits per heavy atom. The maximum absolute atomic E-state index is 11.7. The van der Waals surface area contributed by atoms with Crippen molar-refractivity contribution in [3.8, 4) is 0 Å². The van der Waals surface area contributed by atoms with E-state index in [0.717, 1.165) is 16.3 Å². The first kappa shape index (κ1) is 15.0. The van der Waals surface area contributed by atoms with Crippen LogP contribution in [-0.2, 0) is 9.53 Å². The van der Waals surface area contributed by atoms with E-state index in [0.29, 0.717) is 19.7 Å². The number of carbonyl (C=O) groups is 1. The van der Waals surface area contributed by atoms with Crippen LogP contribution in [-0.4, -0.2) is 38.5 Å². The fraction of sp³-hybridized carbons (Fsp3) is 0.462. The van der Waals surface area contributed by atoms with Crippen molar-refractivity contribution in [2.75, 3.05) is 37.9 Å². The second-order valence-corrected chi connectivity index (χ2v) is 4.95. The molecule has 1 aromatic carbocycles. The van der Waals surface area contributed by atoms with Gasteiger partial charge in [0.1, 0.15) is 0 Å². The minimum absolute atomic E-state index is 0.0322. The minimum atomic E-state index is -0.0322. The number of nitrogens with one attached hydrogen (secondary N) is 2. The van der Waals surface area contributed by atoms with Gasteiger partial charge in [-0.3, -0.25) is 4.79 Å². The highest BCUT2D eigenvalue weighted by Crippen LogP contribution is 2.26. The molecule has 0 radical (unpaired) electrons. The van der Waals surface area contributed by atoms with Gasteiger partial charge in [-0.05, 0) is 17.9 Å². The number of para-hydroxylation sites is 1. The van der Waals surface area contributed by atoms with Gasteiger partial charge in [0.2, 0.25) is 5.91 Å². The van der Waals surface area contributed by atoms with Crippen molar-refractivity contribution in [1.29, 1.82) is 0 Å². The van der Waals surface area contributed by atoms with Crippen LogP contribution in [0.2, 0.25) is 0 Å². The lowest BCUT2D eigenvalue weighted by molar-refractivity contribution is -0.115. The molecule has 0 bridgehead atoms. The minimum Gasteiger partial charge on any atom is -0.383 e. The monoisotopic (exact) mass is 268 g/mol. The highest BCUT2D eigenvalue weighted by molar-refractivity contribution is 7.99. The average Bonchev–Trinajstić information content (AvgIpc) is 2.37. The number of hydrogen-bond donors (Lipinski definition) is 2. The van der Waals surface area contributed by atoms with Gasteiger partial charge < -0.3 is 15.4 Å². The summed E-state index contributed by atoms with van der Waals surface area (Å²) in [7, 11) is 1.64. The van der Waals surface area contributed by atoms with Gasteiger partial charge in [-0.1, -0.05) is 19.1 Å². The standard InChI is InChI=1S/C13H20N2O2S/c1-3-18-12-7-5-4-6-11(12)15-13(16)10-14-8-9-17-2/h4-7,14H,3,8-10H2,1-2H3,(H,15,16). The first-order valence-electron chi connectivity index (χ1n) is 5.99. The van der Waals surface area contributed by atoms with E-state index >= 15 is 0 Å². The van der Waals surface area contributed by atoms with Crippen molar-refractivity contribution in [3.05, 3.63) is 24.3 Å². The number of hydrogen-bond acceptors (Lipinski definition) is 4. The van der Waals surface area contributed by atoms with E-state index in [2.05, 4.69) is 17.6 Å². The number of anilines is 1. The summed E-state index contributed by atoms with van der Waals surface area (Å²) in [4.78, 5) is 12.8. The molecule has 0 atom stereocenters. The first-order chi connectivity index (χ1) is 8.77. The number of rotatable bonds is 8. The van der Waals surface area contributed by atoms with Gasteiger partial charge >= 0.3 is 0 Å². The normalized spacial score (nSPS) is 10.3. The molecule has 0 saturated heterocycles. The second kappa shape index (κ2) is 8.97. The number of thioether (sulfide) groups is 1. The highest BCUT2D eigenvalue weighted by Gasteiger charge is 2.05. The number of benzene rings is 1. The molecule has 18 heavy (non-hydrogen) atoms. The average molecular weight is 268 g/mol. The lowest BCUT2D eigenvalue weighted by atomic mass is 10.3. The zero-order valence-corrected chi connectivity index (χ0v) is 11.7. The van der Waals surface area contributed by atoms with Crippen LogP contribution >= 0.6 is 11.8 Å². The summed E-state index contributed by atoms with van der Waals surface area (Å²) < 4.78 is 4.90. The quantitative estimate of drug-likeness (QED) is 0.559. The van der Waals surface area contributed by atoms with E-state index in [4.69, 9.17) is 4.74 Å². The molecule has 100 valence electrons. The molecule has 1 rings (SSSR count). The Balaban J connectivity index is 2.43. The maximum atomic E-state index is 11.7. The molecule has 1 amide bonds. The SMILES string of the molecule is CCSc1ccccc1NC(=O)CNCCOC. The van der Waals surface area contributed by atoms with Crippen molar-refractivity contribution < 1.29 is 9.53 Å². The van der Waals surface area contributed by atoms with Gasteiger partial charge in [0.05, 0.1) is 18.8 Å². The molecule has 0 fully saturated rings. The predicted octanol–water partition coefficient (Wildman–Crippen LogP) is 1.97. The van der Waals surface area contributed by atoms with Crippen LogP contribution in [0.3, 0.4) is 0 Å². The molecule has 0 unspecified atom stereocenters. The van der Waals surface area contributed by atoms with Crippen molar-refractivity contribution in [2.45, 2.75) is 11.8 Å². The predicted molar refractivity (Wildman–Crippen MR) is 76.2 cm³/mol. The van der Waals surface area contributed by atoms with Crippen molar-refractivity contribution in [1.82, 2.24) is 5.32 Å². The molecule has 2 N–H and O–H groups in total. The van der Waals surface area contributed by atoms with Gasteiger partial charge in [-0.15, -0.1) is 11.8 Å². The second-order valence-electron chi connectivity index (χ2n) is 3.65. The van der Waals surface area contributed by atoms with E-state index in [-0.39, 0.29) is 5.91 Å². The molecule has 4 nitrogen and oxygen atoms in total. The summed E-state index contributed by atoms with van der Waals surface area (Å²) in [5, 5.41) is 5.92. The van der Waals surface area contributed by atoms with Gasteiger partial charge in [0.25, 0.3) is 0 Å². The van der Waals surface area contributed by atoms with Crippen LogP contribution in [0, 0.1) is 0 Å². The van der Waals surface area contributed by atoms with Crippen LogP contribution in [0.15, 0.2) is 29.2 Å². The summed E-state index contributed by atoms with van der Waals surface area (Å²) in [5.41, 5.74) is 0.878. The molecule has 0 spiro atoms. The third kappa shape index (κ3) is 5.53. The van der Waals surface area contributed by atoms with Gasteiger partial charge in [-0.25, -0.2) is 0 Å². The van der Waals surface area contributed by atoms with Gasteiger partial charge in [-0.2, -0.15) is 0 Å². The highest BCUT2D eigenvalue weighted by atomic mass is 32.2. The van der Waals surface area contributed by atoms with Crippen LogP contribution in [0.5, 0.6) is 0 Å². The zero-order chi connectivity index (χ0) is 13.2. The molecule has 0 heterocycles. The van der Waals surface area contributed by atoms with E-state index < -0.39 is 0 Å². The zero-order valence-electron chi connectivity index (χ0n) is 10.9. The van der Waals surface area contributed by atoms with E-state index in [9.17, 15) is 4.79 Å². The fourth-order valence-corrected chi connectivity index (χ4v) is 2.18. The van der Waals surface area contributed by atoms with Crippen LogP contribution < -0.4 is 10.6 Å². The largest absolute Gasteiger partial charge is 0.383 e. The van der Waals surface area contributed by atoms with Crippen LogP contribution in [0.1, 0.15) is 6.92 Å². The molecule has 0 aromatic heterocycles. The Labute approximate surface area is 112 Å². The van der Waals surface area contributed by atoms with Crippen molar-refractivity contribution in [3.63, 3.8) is 0 Å².